The number of thioether (sulfide) groups is 1. The van der Waals surface area contributed by atoms with E-state index in [1.165, 1.54) is 11.8 Å². The molecule has 0 amide bonds. The first-order valence-corrected chi connectivity index (χ1v) is 10.9. The molecular formula is C22H28N4O3S. The van der Waals surface area contributed by atoms with Crippen LogP contribution in [0.3, 0.4) is 0 Å². The molecule has 7 nitrogen and oxygen atoms in total. The van der Waals surface area contributed by atoms with Crippen LogP contribution in [0.1, 0.15) is 28.7 Å². The fourth-order valence-electron chi connectivity index (χ4n) is 3.45. The van der Waals surface area contributed by atoms with Crippen LogP contribution in [-0.4, -0.2) is 51.7 Å². The van der Waals surface area contributed by atoms with Gasteiger partial charge in [-0.15, -0.1) is 10.2 Å². The van der Waals surface area contributed by atoms with Crippen molar-refractivity contribution >= 4 is 17.5 Å². The van der Waals surface area contributed by atoms with Crippen molar-refractivity contribution in [3.8, 4) is 17.1 Å². The molecule has 0 atom stereocenters. The second-order valence-corrected chi connectivity index (χ2v) is 7.86. The quantitative estimate of drug-likeness (QED) is 0.359. The number of benzene rings is 1. The molecule has 0 bridgehead atoms. The van der Waals surface area contributed by atoms with E-state index in [2.05, 4.69) is 14.8 Å². The van der Waals surface area contributed by atoms with Crippen LogP contribution in [0.2, 0.25) is 0 Å². The summed E-state index contributed by atoms with van der Waals surface area (Å²) in [5.41, 5.74) is 3.77. The molecule has 8 heteroatoms. The van der Waals surface area contributed by atoms with E-state index in [9.17, 15) is 4.79 Å². The standard InChI is InChI=1S/C22H28N4O3S/c1-6-25-21(17-7-9-18(29-5)10-8-17)23-24-22(25)30-14-20(27)19-13-15(2)26(16(19)3)11-12-28-4/h7-10,13H,6,11-12,14H2,1-5H3. The van der Waals surface area contributed by atoms with E-state index >= 15 is 0 Å². The Labute approximate surface area is 181 Å². The number of nitrogens with zero attached hydrogens (tertiary/aromatic N) is 4. The van der Waals surface area contributed by atoms with Crippen LogP contribution in [0.25, 0.3) is 11.4 Å². The Balaban J connectivity index is 1.74. The van der Waals surface area contributed by atoms with E-state index in [4.69, 9.17) is 9.47 Å². The lowest BCUT2D eigenvalue weighted by Crippen LogP contribution is -2.10. The number of aromatic nitrogens is 4. The first-order chi connectivity index (χ1) is 14.5. The van der Waals surface area contributed by atoms with Gasteiger partial charge in [0.1, 0.15) is 5.75 Å². The van der Waals surface area contributed by atoms with Crippen molar-refractivity contribution in [2.24, 2.45) is 0 Å². The SMILES string of the molecule is CCn1c(SCC(=O)c2cc(C)n(CCOC)c2C)nnc1-c1ccc(OC)cc1. The van der Waals surface area contributed by atoms with Gasteiger partial charge < -0.3 is 18.6 Å². The number of ketones is 1. The number of carbonyl (C=O) groups excluding carboxylic acids is 1. The van der Waals surface area contributed by atoms with E-state index in [0.29, 0.717) is 12.4 Å². The van der Waals surface area contributed by atoms with Gasteiger partial charge in [-0.05, 0) is 51.1 Å². The molecule has 3 rings (SSSR count). The summed E-state index contributed by atoms with van der Waals surface area (Å²) in [4.78, 5) is 12.9. The summed E-state index contributed by atoms with van der Waals surface area (Å²) < 4.78 is 14.5. The molecule has 0 fully saturated rings. The molecule has 0 aliphatic rings. The average molecular weight is 429 g/mol. The molecule has 3 aromatic rings. The van der Waals surface area contributed by atoms with E-state index in [1.54, 1.807) is 14.2 Å². The van der Waals surface area contributed by atoms with Gasteiger partial charge in [-0.1, -0.05) is 11.8 Å². The summed E-state index contributed by atoms with van der Waals surface area (Å²) in [6.07, 6.45) is 0. The van der Waals surface area contributed by atoms with Crippen molar-refractivity contribution in [3.63, 3.8) is 0 Å². The molecule has 0 saturated carbocycles. The van der Waals surface area contributed by atoms with E-state index < -0.39 is 0 Å². The number of rotatable bonds is 10. The van der Waals surface area contributed by atoms with Gasteiger partial charge in [0.15, 0.2) is 16.8 Å². The summed E-state index contributed by atoms with van der Waals surface area (Å²) >= 11 is 1.42. The van der Waals surface area contributed by atoms with Gasteiger partial charge in [-0.2, -0.15) is 0 Å². The summed E-state index contributed by atoms with van der Waals surface area (Å²) in [5.74, 6) is 1.99. The normalized spacial score (nSPS) is 11.1. The Morgan fingerprint density at radius 1 is 1.10 bits per heavy atom. The molecule has 2 heterocycles. The van der Waals surface area contributed by atoms with Gasteiger partial charge in [-0.3, -0.25) is 4.79 Å². The highest BCUT2D eigenvalue weighted by Crippen LogP contribution is 2.26. The summed E-state index contributed by atoms with van der Waals surface area (Å²) in [7, 11) is 3.32. The lowest BCUT2D eigenvalue weighted by Gasteiger charge is -2.09. The van der Waals surface area contributed by atoms with Gasteiger partial charge in [0, 0.05) is 42.7 Å². The van der Waals surface area contributed by atoms with Crippen LogP contribution in [0, 0.1) is 13.8 Å². The Kier molecular flexibility index (Phi) is 7.33. The van der Waals surface area contributed by atoms with Crippen molar-refractivity contribution < 1.29 is 14.3 Å². The zero-order valence-corrected chi connectivity index (χ0v) is 19.0. The van der Waals surface area contributed by atoms with Crippen LogP contribution in [0.15, 0.2) is 35.5 Å². The Morgan fingerprint density at radius 2 is 1.83 bits per heavy atom. The summed E-state index contributed by atoms with van der Waals surface area (Å²) in [6, 6.07) is 9.69. The molecule has 0 unspecified atom stereocenters. The highest BCUT2D eigenvalue weighted by atomic mass is 32.2. The number of Topliss-reactive ketones (excluding diaryl/α,β-unsaturated/α-hetero) is 1. The smallest absolute Gasteiger partial charge is 0.191 e. The van der Waals surface area contributed by atoms with Gasteiger partial charge in [0.2, 0.25) is 0 Å². The van der Waals surface area contributed by atoms with E-state index in [-0.39, 0.29) is 5.78 Å². The molecule has 0 aliphatic carbocycles. The third-order valence-electron chi connectivity index (χ3n) is 5.11. The van der Waals surface area contributed by atoms with Crippen LogP contribution in [0.4, 0.5) is 0 Å². The summed E-state index contributed by atoms with van der Waals surface area (Å²) in [6.45, 7) is 8.12. The minimum Gasteiger partial charge on any atom is -0.497 e. The fraction of sp³-hybridized carbons (Fsp3) is 0.409. The third kappa shape index (κ3) is 4.60. The lowest BCUT2D eigenvalue weighted by atomic mass is 10.2. The van der Waals surface area contributed by atoms with Crippen molar-refractivity contribution in [1.29, 1.82) is 0 Å². The van der Waals surface area contributed by atoms with Gasteiger partial charge >= 0.3 is 0 Å². The Hall–Kier alpha value is -2.58. The maximum absolute atomic E-state index is 12.9. The number of aryl methyl sites for hydroxylation is 1. The molecular weight excluding hydrogens is 400 g/mol. The highest BCUT2D eigenvalue weighted by Gasteiger charge is 2.19. The molecule has 0 N–H and O–H groups in total. The van der Waals surface area contributed by atoms with Gasteiger partial charge in [0.05, 0.1) is 19.5 Å². The lowest BCUT2D eigenvalue weighted by molar-refractivity contribution is 0.102. The third-order valence-corrected chi connectivity index (χ3v) is 6.07. The van der Waals surface area contributed by atoms with Crippen molar-refractivity contribution in [2.45, 2.75) is 39.0 Å². The molecule has 2 aromatic heterocycles. The zero-order valence-electron chi connectivity index (χ0n) is 18.1. The van der Waals surface area contributed by atoms with Gasteiger partial charge in [-0.25, -0.2) is 0 Å². The number of methoxy groups -OCH3 is 2. The first-order valence-electron chi connectivity index (χ1n) is 9.89. The maximum atomic E-state index is 12.9. The van der Waals surface area contributed by atoms with E-state index in [1.807, 2.05) is 55.7 Å². The van der Waals surface area contributed by atoms with Gasteiger partial charge in [0.25, 0.3) is 0 Å². The number of ether oxygens (including phenoxy) is 2. The number of carbonyl (C=O) groups is 1. The molecule has 0 spiro atoms. The molecule has 30 heavy (non-hydrogen) atoms. The van der Waals surface area contributed by atoms with E-state index in [0.717, 1.165) is 52.3 Å². The van der Waals surface area contributed by atoms with Crippen LogP contribution < -0.4 is 4.74 Å². The Morgan fingerprint density at radius 3 is 2.47 bits per heavy atom. The molecule has 0 radical (unpaired) electrons. The van der Waals surface area contributed by atoms with Crippen LogP contribution >= 0.6 is 11.8 Å². The predicted molar refractivity (Wildman–Crippen MR) is 119 cm³/mol. The second-order valence-electron chi connectivity index (χ2n) is 6.92. The molecule has 0 saturated heterocycles. The first kappa shape index (κ1) is 22.1. The minimum atomic E-state index is 0.0911. The topological polar surface area (TPSA) is 71.2 Å². The van der Waals surface area contributed by atoms with Crippen LogP contribution in [-0.2, 0) is 17.8 Å². The number of hydrogen-bond donors (Lipinski definition) is 0. The zero-order chi connectivity index (χ0) is 21.7. The van der Waals surface area contributed by atoms with Crippen molar-refractivity contribution in [1.82, 2.24) is 19.3 Å². The maximum Gasteiger partial charge on any atom is 0.191 e. The molecule has 1 aromatic carbocycles. The minimum absolute atomic E-state index is 0.0911. The second kappa shape index (κ2) is 9.95. The predicted octanol–water partition coefficient (Wildman–Crippen LogP) is 4.01. The summed E-state index contributed by atoms with van der Waals surface area (Å²) in [5, 5.41) is 9.42. The van der Waals surface area contributed by atoms with Crippen molar-refractivity contribution in [3.05, 3.63) is 47.3 Å². The van der Waals surface area contributed by atoms with Crippen molar-refractivity contribution in [2.75, 3.05) is 26.6 Å². The monoisotopic (exact) mass is 428 g/mol. The molecule has 160 valence electrons. The average Bonchev–Trinajstić information content (AvgIpc) is 3.30. The number of hydrogen-bond acceptors (Lipinski definition) is 6. The largest absolute Gasteiger partial charge is 0.497 e. The molecule has 0 aliphatic heterocycles. The Bertz CT molecular complexity index is 1010. The van der Waals surface area contributed by atoms with Crippen LogP contribution in [0.5, 0.6) is 5.75 Å². The fourth-order valence-corrected chi connectivity index (χ4v) is 4.34. The highest BCUT2D eigenvalue weighted by molar-refractivity contribution is 7.99.